The number of amides is 1. The van der Waals surface area contributed by atoms with Gasteiger partial charge in [-0.05, 0) is 17.8 Å². The Morgan fingerprint density at radius 1 is 1.00 bits per heavy atom. The van der Waals surface area contributed by atoms with E-state index in [1.165, 1.54) is 0 Å². The molecule has 0 aliphatic heterocycles. The van der Waals surface area contributed by atoms with Crippen LogP contribution >= 0.6 is 0 Å². The summed E-state index contributed by atoms with van der Waals surface area (Å²) in [6.07, 6.45) is 0.316. The maximum Gasteiger partial charge on any atom is 0.410 e. The summed E-state index contributed by atoms with van der Waals surface area (Å²) in [7, 11) is 0. The Morgan fingerprint density at radius 2 is 1.59 bits per heavy atom. The lowest BCUT2D eigenvalue weighted by atomic mass is 9.80. The van der Waals surface area contributed by atoms with Crippen molar-refractivity contribution in [1.82, 2.24) is 5.32 Å². The SMILES string of the molecule is CCC[C@@H](C)[C@@H](C)[C@H](CNC(=O)O[C@H](OC(=O)C(C)C)C(C)C)CC(=O)O. The average Bonchev–Trinajstić information content (AvgIpc) is 2.56. The first-order valence-corrected chi connectivity index (χ1v) is 9.86. The van der Waals surface area contributed by atoms with E-state index in [0.29, 0.717) is 5.92 Å². The van der Waals surface area contributed by atoms with Gasteiger partial charge in [0.15, 0.2) is 0 Å². The van der Waals surface area contributed by atoms with Crippen LogP contribution in [0.15, 0.2) is 0 Å². The van der Waals surface area contributed by atoms with Crippen molar-refractivity contribution in [3.05, 3.63) is 0 Å². The number of ether oxygens (including phenoxy) is 2. The van der Waals surface area contributed by atoms with Gasteiger partial charge in [-0.1, -0.05) is 61.3 Å². The number of nitrogens with one attached hydrogen (secondary N) is 1. The maximum atomic E-state index is 12.1. The van der Waals surface area contributed by atoms with E-state index in [9.17, 15) is 19.5 Å². The number of aliphatic carboxylic acids is 1. The molecule has 0 radical (unpaired) electrons. The van der Waals surface area contributed by atoms with Gasteiger partial charge in [-0.25, -0.2) is 4.79 Å². The Bertz CT molecular complexity index is 477. The van der Waals surface area contributed by atoms with Crippen LogP contribution in [-0.4, -0.2) is 36.0 Å². The third-order valence-corrected chi connectivity index (χ3v) is 4.80. The lowest BCUT2D eigenvalue weighted by Crippen LogP contribution is -2.39. The van der Waals surface area contributed by atoms with Crippen LogP contribution in [0.5, 0.6) is 0 Å². The molecular weight excluding hydrogens is 350 g/mol. The minimum Gasteiger partial charge on any atom is -0.481 e. The summed E-state index contributed by atoms with van der Waals surface area (Å²) in [4.78, 5) is 35.1. The molecule has 0 fully saturated rings. The minimum atomic E-state index is -0.978. The second-order valence-electron chi connectivity index (χ2n) is 7.97. The fourth-order valence-electron chi connectivity index (χ4n) is 2.76. The Morgan fingerprint density at radius 3 is 2.04 bits per heavy atom. The number of carboxylic acids is 1. The third kappa shape index (κ3) is 10.2. The average molecular weight is 388 g/mol. The van der Waals surface area contributed by atoms with Gasteiger partial charge >= 0.3 is 18.0 Å². The Hall–Kier alpha value is -1.79. The first kappa shape index (κ1) is 25.2. The highest BCUT2D eigenvalue weighted by atomic mass is 16.7. The van der Waals surface area contributed by atoms with Crippen molar-refractivity contribution in [2.24, 2.45) is 29.6 Å². The molecule has 0 saturated carbocycles. The molecule has 4 atom stereocenters. The van der Waals surface area contributed by atoms with E-state index in [4.69, 9.17) is 9.47 Å². The van der Waals surface area contributed by atoms with Crippen LogP contribution in [0, 0.1) is 29.6 Å². The zero-order valence-corrected chi connectivity index (χ0v) is 17.8. The summed E-state index contributed by atoms with van der Waals surface area (Å²) in [6, 6.07) is 0. The second-order valence-corrected chi connectivity index (χ2v) is 7.97. The maximum absolute atomic E-state index is 12.1. The molecule has 0 unspecified atom stereocenters. The standard InChI is InChI=1S/C20H37NO6/c1-8-9-14(6)15(7)16(10-17(22)23)11-21-20(25)27-19(13(4)5)26-18(24)12(2)3/h12-16,19H,8-11H2,1-7H3,(H,21,25)(H,22,23)/t14-,15-,16+,19+/m1/s1. The molecule has 0 saturated heterocycles. The summed E-state index contributed by atoms with van der Waals surface area (Å²) in [5.41, 5.74) is 0. The number of esters is 1. The largest absolute Gasteiger partial charge is 0.481 e. The van der Waals surface area contributed by atoms with Crippen LogP contribution in [0.2, 0.25) is 0 Å². The number of hydrogen-bond acceptors (Lipinski definition) is 5. The fourth-order valence-corrected chi connectivity index (χ4v) is 2.76. The van der Waals surface area contributed by atoms with Crippen molar-refractivity contribution in [2.45, 2.75) is 74.0 Å². The van der Waals surface area contributed by atoms with E-state index in [1.807, 2.05) is 6.92 Å². The van der Waals surface area contributed by atoms with Crippen LogP contribution in [0.4, 0.5) is 4.79 Å². The van der Waals surface area contributed by atoms with Gasteiger partial charge in [-0.3, -0.25) is 9.59 Å². The lowest BCUT2D eigenvalue weighted by Gasteiger charge is -2.28. The molecule has 27 heavy (non-hydrogen) atoms. The number of carboxylic acid groups (broad SMARTS) is 1. The van der Waals surface area contributed by atoms with E-state index in [-0.39, 0.29) is 36.6 Å². The number of carbonyl (C=O) groups excluding carboxylic acids is 2. The predicted molar refractivity (Wildman–Crippen MR) is 103 cm³/mol. The minimum absolute atomic E-state index is 0.0224. The van der Waals surface area contributed by atoms with Crippen molar-refractivity contribution >= 4 is 18.0 Å². The van der Waals surface area contributed by atoms with Crippen LogP contribution in [-0.2, 0) is 19.1 Å². The molecule has 0 spiro atoms. The van der Waals surface area contributed by atoms with Gasteiger partial charge in [-0.15, -0.1) is 0 Å². The number of rotatable bonds is 12. The molecule has 0 heterocycles. The van der Waals surface area contributed by atoms with Crippen LogP contribution in [0.25, 0.3) is 0 Å². The summed E-state index contributed by atoms with van der Waals surface area (Å²) in [5, 5.41) is 11.8. The van der Waals surface area contributed by atoms with Gasteiger partial charge in [0.05, 0.1) is 12.3 Å². The van der Waals surface area contributed by atoms with Crippen molar-refractivity contribution in [3.63, 3.8) is 0 Å². The summed E-state index contributed by atoms with van der Waals surface area (Å²) in [6.45, 7) is 13.4. The van der Waals surface area contributed by atoms with Crippen molar-refractivity contribution in [2.75, 3.05) is 6.54 Å². The summed E-state index contributed by atoms with van der Waals surface area (Å²) in [5.74, 6) is -1.56. The highest BCUT2D eigenvalue weighted by Crippen LogP contribution is 2.26. The van der Waals surface area contributed by atoms with E-state index >= 15 is 0 Å². The van der Waals surface area contributed by atoms with Gasteiger partial charge in [0.2, 0.25) is 0 Å². The fraction of sp³-hybridized carbons (Fsp3) is 0.850. The highest BCUT2D eigenvalue weighted by molar-refractivity contribution is 5.72. The normalized spacial score (nSPS) is 15.7. The molecule has 2 N–H and O–H groups in total. The zero-order valence-electron chi connectivity index (χ0n) is 17.8. The molecule has 7 nitrogen and oxygen atoms in total. The molecule has 0 aromatic heterocycles. The van der Waals surface area contributed by atoms with Crippen molar-refractivity contribution in [1.29, 1.82) is 0 Å². The van der Waals surface area contributed by atoms with E-state index < -0.39 is 24.3 Å². The van der Waals surface area contributed by atoms with Crippen LogP contribution in [0.1, 0.15) is 67.7 Å². The predicted octanol–water partition coefficient (Wildman–Crippen LogP) is 4.06. The molecule has 0 aromatic rings. The van der Waals surface area contributed by atoms with Crippen LogP contribution < -0.4 is 5.32 Å². The number of hydrogen-bond donors (Lipinski definition) is 2. The topological polar surface area (TPSA) is 102 Å². The summed E-state index contributed by atoms with van der Waals surface area (Å²) >= 11 is 0. The van der Waals surface area contributed by atoms with E-state index in [1.54, 1.807) is 27.7 Å². The highest BCUT2D eigenvalue weighted by Gasteiger charge is 2.27. The van der Waals surface area contributed by atoms with Gasteiger partial charge in [0, 0.05) is 12.5 Å². The Kier molecular flexibility index (Phi) is 11.7. The monoisotopic (exact) mass is 387 g/mol. The first-order chi connectivity index (χ1) is 12.5. The third-order valence-electron chi connectivity index (χ3n) is 4.80. The van der Waals surface area contributed by atoms with Gasteiger partial charge < -0.3 is 19.9 Å². The Balaban J connectivity index is 4.81. The Labute approximate surface area is 163 Å². The number of alkyl carbamates (subject to hydrolysis) is 1. The molecule has 0 aliphatic carbocycles. The first-order valence-electron chi connectivity index (χ1n) is 9.86. The van der Waals surface area contributed by atoms with Gasteiger partial charge in [0.1, 0.15) is 0 Å². The molecule has 0 rings (SSSR count). The molecule has 1 amide bonds. The van der Waals surface area contributed by atoms with Crippen molar-refractivity contribution in [3.8, 4) is 0 Å². The van der Waals surface area contributed by atoms with E-state index in [0.717, 1.165) is 12.8 Å². The lowest BCUT2D eigenvalue weighted by molar-refractivity contribution is -0.178. The van der Waals surface area contributed by atoms with Crippen molar-refractivity contribution < 1.29 is 29.0 Å². The zero-order chi connectivity index (χ0) is 21.1. The smallest absolute Gasteiger partial charge is 0.410 e. The van der Waals surface area contributed by atoms with Gasteiger partial charge in [-0.2, -0.15) is 0 Å². The molecule has 158 valence electrons. The molecular formula is C20H37NO6. The van der Waals surface area contributed by atoms with Crippen LogP contribution in [0.3, 0.4) is 0 Å². The molecule has 7 heteroatoms. The van der Waals surface area contributed by atoms with Gasteiger partial charge in [0.25, 0.3) is 6.29 Å². The number of carbonyl (C=O) groups is 3. The summed E-state index contributed by atoms with van der Waals surface area (Å²) < 4.78 is 10.5. The second kappa shape index (κ2) is 12.6. The quantitative estimate of drug-likeness (QED) is 0.387. The van der Waals surface area contributed by atoms with E-state index in [2.05, 4.69) is 19.2 Å². The molecule has 0 bridgehead atoms. The molecule has 0 aromatic carbocycles. The molecule has 0 aliphatic rings.